The van der Waals surface area contributed by atoms with Gasteiger partial charge in [0.15, 0.2) is 5.82 Å². The fourth-order valence-corrected chi connectivity index (χ4v) is 3.58. The molecule has 1 aliphatic heterocycles. The number of aromatic nitrogens is 1. The van der Waals surface area contributed by atoms with Gasteiger partial charge in [-0.1, -0.05) is 0 Å². The molecular weight excluding hydrogens is 497 g/mol. The van der Waals surface area contributed by atoms with Gasteiger partial charge in [0.2, 0.25) is 0 Å². The summed E-state index contributed by atoms with van der Waals surface area (Å²) in [7, 11) is 0. The van der Waals surface area contributed by atoms with E-state index in [4.69, 9.17) is 29.3 Å². The van der Waals surface area contributed by atoms with Crippen molar-refractivity contribution in [2.75, 3.05) is 19.7 Å². The third kappa shape index (κ3) is 9.12. The maximum Gasteiger partial charge on any atom is 0.490 e. The molecule has 1 saturated heterocycles. The molecule has 1 aromatic rings. The number of aliphatic carboxylic acids is 2. The summed E-state index contributed by atoms with van der Waals surface area (Å²) in [5.74, 6) is -4.92. The molecule has 3 aliphatic rings. The van der Waals surface area contributed by atoms with Gasteiger partial charge >= 0.3 is 24.3 Å². The Morgan fingerprint density at radius 2 is 1.63 bits per heavy atom. The minimum Gasteiger partial charge on any atom is -0.475 e. The Labute approximate surface area is 194 Å². The fourth-order valence-electron chi connectivity index (χ4n) is 3.58. The van der Waals surface area contributed by atoms with E-state index in [1.54, 1.807) is 12.3 Å². The number of nitrogens with zero attached hydrogens (tertiary/aromatic N) is 2. The van der Waals surface area contributed by atoms with Gasteiger partial charge in [-0.15, -0.1) is 0 Å². The maximum atomic E-state index is 13.7. The second kappa shape index (κ2) is 11.8. The van der Waals surface area contributed by atoms with Crippen LogP contribution >= 0.6 is 0 Å². The highest BCUT2D eigenvalue weighted by Crippen LogP contribution is 2.36. The molecule has 198 valence electrons. The van der Waals surface area contributed by atoms with Gasteiger partial charge in [0, 0.05) is 25.3 Å². The Balaban J connectivity index is 0.000000257. The highest BCUT2D eigenvalue weighted by molar-refractivity contribution is 5.73. The molecule has 4 rings (SSSR count). The second-order valence-electron chi connectivity index (χ2n) is 7.97. The molecule has 3 atom stereocenters. The first kappa shape index (κ1) is 28.6. The predicted molar refractivity (Wildman–Crippen MR) is 103 cm³/mol. The van der Waals surface area contributed by atoms with Crippen LogP contribution in [0, 0.1) is 11.7 Å². The lowest BCUT2D eigenvalue weighted by Crippen LogP contribution is -2.52. The van der Waals surface area contributed by atoms with Gasteiger partial charge in [0.25, 0.3) is 5.88 Å². The molecule has 1 aromatic heterocycles. The van der Waals surface area contributed by atoms with Crippen molar-refractivity contribution in [3.8, 4) is 5.88 Å². The maximum absolute atomic E-state index is 13.7. The lowest BCUT2D eigenvalue weighted by atomic mass is 10.1. The predicted octanol–water partition coefficient (Wildman–Crippen LogP) is 3.51. The third-order valence-corrected chi connectivity index (χ3v) is 5.31. The minimum absolute atomic E-state index is 0.0545. The molecule has 15 heteroatoms. The van der Waals surface area contributed by atoms with Crippen LogP contribution in [0.15, 0.2) is 18.3 Å². The first-order chi connectivity index (χ1) is 16.2. The average molecular weight is 520 g/mol. The summed E-state index contributed by atoms with van der Waals surface area (Å²) in [6.07, 6.45) is -3.92. The molecule has 8 nitrogen and oxygen atoms in total. The van der Waals surface area contributed by atoms with Crippen LogP contribution in [0.3, 0.4) is 0 Å². The number of carbonyl (C=O) groups is 2. The summed E-state index contributed by atoms with van der Waals surface area (Å²) >= 11 is 0. The van der Waals surface area contributed by atoms with Gasteiger partial charge in [-0.25, -0.2) is 19.0 Å². The van der Waals surface area contributed by atoms with Crippen LogP contribution in [-0.2, 0) is 14.3 Å². The van der Waals surface area contributed by atoms with Crippen LogP contribution in [0.4, 0.5) is 30.7 Å². The van der Waals surface area contributed by atoms with Crippen LogP contribution in [-0.4, -0.2) is 82.3 Å². The summed E-state index contributed by atoms with van der Waals surface area (Å²) in [6.45, 7) is 2.95. The molecule has 0 unspecified atom stereocenters. The fraction of sp³-hybridized carbons (Fsp3) is 0.650. The highest BCUT2D eigenvalue weighted by atomic mass is 19.4. The number of ether oxygens (including phenoxy) is 2. The van der Waals surface area contributed by atoms with Crippen molar-refractivity contribution in [2.24, 2.45) is 5.92 Å². The lowest BCUT2D eigenvalue weighted by molar-refractivity contribution is -0.193. The number of pyridine rings is 1. The number of morpholine rings is 1. The number of alkyl halides is 6. The number of hydrogen-bond donors (Lipinski definition) is 2. The van der Waals surface area contributed by atoms with E-state index in [-0.39, 0.29) is 18.1 Å². The number of fused-ring (bicyclic) bond motifs is 1. The van der Waals surface area contributed by atoms with E-state index in [1.165, 1.54) is 25.5 Å². The zero-order valence-corrected chi connectivity index (χ0v) is 18.1. The highest BCUT2D eigenvalue weighted by Gasteiger charge is 2.45. The minimum atomic E-state index is -5.08. The standard InChI is InChI=1S/C16H21FN2O2.2C2HF3O2/c17-12-2-1-7-18-16(12)21-14-6-5-13-15(14)20-9-8-19(13)10-11-3-4-11;2*3-2(4,5)1(6)7/h1-2,7,11,13-15H,3-6,8-10H2;2*(H,6,7)/t13-,14+,15+;;/m0../s1. The largest absolute Gasteiger partial charge is 0.490 e. The van der Waals surface area contributed by atoms with E-state index >= 15 is 0 Å². The summed E-state index contributed by atoms with van der Waals surface area (Å²) in [6, 6.07) is 3.39. The molecule has 0 radical (unpaired) electrons. The lowest BCUT2D eigenvalue weighted by Gasteiger charge is -2.39. The Morgan fingerprint density at radius 1 is 1.06 bits per heavy atom. The summed E-state index contributed by atoms with van der Waals surface area (Å²) in [5.41, 5.74) is 0. The van der Waals surface area contributed by atoms with Gasteiger partial charge in [-0.2, -0.15) is 26.3 Å². The molecule has 2 N–H and O–H groups in total. The summed E-state index contributed by atoms with van der Waals surface area (Å²) in [5, 5.41) is 14.2. The Hall–Kier alpha value is -2.68. The quantitative estimate of drug-likeness (QED) is 0.581. The van der Waals surface area contributed by atoms with Gasteiger partial charge < -0.3 is 19.7 Å². The molecule has 2 heterocycles. The van der Waals surface area contributed by atoms with Crippen LogP contribution < -0.4 is 4.74 Å². The summed E-state index contributed by atoms with van der Waals surface area (Å²) in [4.78, 5) is 24.3. The molecule has 0 aromatic carbocycles. The zero-order valence-electron chi connectivity index (χ0n) is 18.1. The van der Waals surface area contributed by atoms with E-state index in [0.717, 1.165) is 31.9 Å². The van der Waals surface area contributed by atoms with Crippen molar-refractivity contribution in [2.45, 2.75) is 56.3 Å². The van der Waals surface area contributed by atoms with Crippen LogP contribution in [0.2, 0.25) is 0 Å². The molecule has 2 saturated carbocycles. The van der Waals surface area contributed by atoms with Gasteiger partial charge in [0.1, 0.15) is 12.2 Å². The SMILES string of the molecule is Fc1cccnc1O[C@@H]1CC[C@H]2[C@H]1OCCN2CC1CC1.O=C(O)C(F)(F)F.O=C(O)C(F)(F)F. The Bertz CT molecular complexity index is 839. The number of carboxylic acid groups (broad SMARTS) is 2. The number of hydrogen-bond acceptors (Lipinski definition) is 6. The molecule has 0 amide bonds. The third-order valence-electron chi connectivity index (χ3n) is 5.31. The summed E-state index contributed by atoms with van der Waals surface area (Å²) < 4.78 is 88.9. The molecule has 2 aliphatic carbocycles. The Kier molecular flexibility index (Phi) is 9.66. The van der Waals surface area contributed by atoms with Crippen molar-refractivity contribution >= 4 is 11.9 Å². The van der Waals surface area contributed by atoms with Crippen molar-refractivity contribution in [3.05, 3.63) is 24.1 Å². The number of halogens is 7. The normalized spacial score (nSPS) is 24.3. The molecule has 0 bridgehead atoms. The van der Waals surface area contributed by atoms with Crippen LogP contribution in [0.25, 0.3) is 0 Å². The van der Waals surface area contributed by atoms with Crippen molar-refractivity contribution in [1.29, 1.82) is 0 Å². The van der Waals surface area contributed by atoms with E-state index in [0.29, 0.717) is 6.04 Å². The van der Waals surface area contributed by atoms with E-state index in [1.807, 2.05) is 0 Å². The first-order valence-corrected chi connectivity index (χ1v) is 10.4. The van der Waals surface area contributed by atoms with Crippen molar-refractivity contribution < 1.29 is 60.0 Å². The molecule has 0 spiro atoms. The number of carboxylic acids is 2. The van der Waals surface area contributed by atoms with E-state index in [9.17, 15) is 30.7 Å². The van der Waals surface area contributed by atoms with Gasteiger partial charge in [-0.05, 0) is 43.7 Å². The van der Waals surface area contributed by atoms with Gasteiger partial charge in [0.05, 0.1) is 6.61 Å². The van der Waals surface area contributed by atoms with Gasteiger partial charge in [-0.3, -0.25) is 4.90 Å². The molecule has 35 heavy (non-hydrogen) atoms. The monoisotopic (exact) mass is 520 g/mol. The number of rotatable bonds is 4. The second-order valence-corrected chi connectivity index (χ2v) is 7.97. The molecular formula is C20H23F7N2O6. The Morgan fingerprint density at radius 3 is 2.11 bits per heavy atom. The van der Waals surface area contributed by atoms with E-state index in [2.05, 4.69) is 9.88 Å². The zero-order chi connectivity index (χ0) is 26.4. The van der Waals surface area contributed by atoms with Crippen LogP contribution in [0.1, 0.15) is 25.7 Å². The van der Waals surface area contributed by atoms with Crippen molar-refractivity contribution in [3.63, 3.8) is 0 Å². The topological polar surface area (TPSA) is 109 Å². The van der Waals surface area contributed by atoms with E-state index < -0.39 is 30.1 Å². The van der Waals surface area contributed by atoms with Crippen LogP contribution in [0.5, 0.6) is 5.88 Å². The molecule has 3 fully saturated rings. The average Bonchev–Trinajstić information content (AvgIpc) is 3.47. The first-order valence-electron chi connectivity index (χ1n) is 10.4. The smallest absolute Gasteiger partial charge is 0.475 e. The van der Waals surface area contributed by atoms with Crippen molar-refractivity contribution in [1.82, 2.24) is 9.88 Å².